The molecular weight excluding hydrogens is 260 g/mol. The first-order valence-electron chi connectivity index (χ1n) is 7.74. The standard InChI is InChI=1S/C18H22N2O/c21-17-12-5-4-10-15(17)20-18(14-8-2-1-3-9-14)16-11-6-7-13-19-16/h1-3,6-9,11,13,15,17-18,20-21H,4-5,10,12H2. The average molecular weight is 282 g/mol. The van der Waals surface area contributed by atoms with Gasteiger partial charge in [0.05, 0.1) is 17.8 Å². The van der Waals surface area contributed by atoms with Crippen molar-refractivity contribution in [1.29, 1.82) is 0 Å². The Morgan fingerprint density at radius 1 is 1.00 bits per heavy atom. The molecule has 0 bridgehead atoms. The van der Waals surface area contributed by atoms with Crippen LogP contribution in [-0.2, 0) is 0 Å². The Balaban J connectivity index is 1.86. The molecule has 3 rings (SSSR count). The highest BCUT2D eigenvalue weighted by Gasteiger charge is 2.27. The number of benzene rings is 1. The molecule has 21 heavy (non-hydrogen) atoms. The van der Waals surface area contributed by atoms with Gasteiger partial charge in [0.2, 0.25) is 0 Å². The predicted octanol–water partition coefficient (Wildman–Crippen LogP) is 3.06. The summed E-state index contributed by atoms with van der Waals surface area (Å²) in [6.45, 7) is 0. The second-order valence-electron chi connectivity index (χ2n) is 5.72. The van der Waals surface area contributed by atoms with Crippen molar-refractivity contribution < 1.29 is 5.11 Å². The van der Waals surface area contributed by atoms with Crippen LogP contribution >= 0.6 is 0 Å². The fourth-order valence-electron chi connectivity index (χ4n) is 3.06. The summed E-state index contributed by atoms with van der Waals surface area (Å²) in [6, 6.07) is 16.5. The van der Waals surface area contributed by atoms with E-state index in [0.717, 1.165) is 25.0 Å². The third-order valence-corrected chi connectivity index (χ3v) is 4.23. The minimum Gasteiger partial charge on any atom is -0.392 e. The Kier molecular flexibility index (Phi) is 4.63. The lowest BCUT2D eigenvalue weighted by Gasteiger charge is -2.32. The number of hydrogen-bond donors (Lipinski definition) is 2. The number of hydrogen-bond acceptors (Lipinski definition) is 3. The fraction of sp³-hybridized carbons (Fsp3) is 0.389. The zero-order valence-electron chi connectivity index (χ0n) is 12.2. The van der Waals surface area contributed by atoms with Crippen molar-refractivity contribution in [3.05, 3.63) is 66.0 Å². The summed E-state index contributed by atoms with van der Waals surface area (Å²) in [7, 11) is 0. The molecule has 3 unspecified atom stereocenters. The van der Waals surface area contributed by atoms with Crippen LogP contribution in [0.4, 0.5) is 0 Å². The number of aliphatic hydroxyl groups excluding tert-OH is 1. The van der Waals surface area contributed by atoms with Crippen molar-refractivity contribution in [2.45, 2.75) is 43.9 Å². The molecule has 1 aliphatic rings. The van der Waals surface area contributed by atoms with Crippen LogP contribution in [0.25, 0.3) is 0 Å². The number of nitrogens with zero attached hydrogens (tertiary/aromatic N) is 1. The quantitative estimate of drug-likeness (QED) is 0.906. The van der Waals surface area contributed by atoms with Gasteiger partial charge >= 0.3 is 0 Å². The van der Waals surface area contributed by atoms with Gasteiger partial charge in [0.25, 0.3) is 0 Å². The summed E-state index contributed by atoms with van der Waals surface area (Å²) in [5.41, 5.74) is 2.19. The molecule has 0 spiro atoms. The molecule has 0 aliphatic heterocycles. The van der Waals surface area contributed by atoms with E-state index in [1.165, 1.54) is 12.0 Å². The van der Waals surface area contributed by atoms with Crippen LogP contribution in [0.5, 0.6) is 0 Å². The van der Waals surface area contributed by atoms with Gasteiger partial charge < -0.3 is 5.11 Å². The highest BCUT2D eigenvalue weighted by atomic mass is 16.3. The zero-order chi connectivity index (χ0) is 14.5. The van der Waals surface area contributed by atoms with E-state index in [2.05, 4.69) is 22.4 Å². The molecule has 1 heterocycles. The van der Waals surface area contributed by atoms with Gasteiger partial charge in [-0.25, -0.2) is 0 Å². The third-order valence-electron chi connectivity index (χ3n) is 4.23. The first-order chi connectivity index (χ1) is 10.3. The Morgan fingerprint density at radius 2 is 1.76 bits per heavy atom. The monoisotopic (exact) mass is 282 g/mol. The van der Waals surface area contributed by atoms with Gasteiger partial charge in [-0.15, -0.1) is 0 Å². The maximum atomic E-state index is 10.2. The predicted molar refractivity (Wildman–Crippen MR) is 83.9 cm³/mol. The SMILES string of the molecule is OC1CCCCC1NC(c1ccccc1)c1ccccn1. The van der Waals surface area contributed by atoms with Gasteiger partial charge in [-0.3, -0.25) is 10.3 Å². The number of aliphatic hydroxyl groups is 1. The average Bonchev–Trinajstić information content (AvgIpc) is 2.56. The highest BCUT2D eigenvalue weighted by molar-refractivity contribution is 5.27. The van der Waals surface area contributed by atoms with Crippen LogP contribution < -0.4 is 5.32 Å². The van der Waals surface area contributed by atoms with E-state index in [-0.39, 0.29) is 18.2 Å². The molecule has 1 saturated carbocycles. The minimum absolute atomic E-state index is 0.0325. The van der Waals surface area contributed by atoms with Gasteiger partial charge in [-0.1, -0.05) is 49.2 Å². The number of nitrogens with one attached hydrogen (secondary N) is 1. The Bertz CT molecular complexity index is 504. The van der Waals surface area contributed by atoms with E-state index in [4.69, 9.17) is 0 Å². The molecule has 1 fully saturated rings. The maximum Gasteiger partial charge on any atom is 0.0754 e. The van der Waals surface area contributed by atoms with Gasteiger partial charge in [0.15, 0.2) is 0 Å². The normalized spacial score (nSPS) is 23.7. The molecule has 3 nitrogen and oxygen atoms in total. The van der Waals surface area contributed by atoms with Crippen LogP contribution in [0.15, 0.2) is 54.7 Å². The van der Waals surface area contributed by atoms with E-state index in [9.17, 15) is 5.11 Å². The first-order valence-corrected chi connectivity index (χ1v) is 7.74. The summed E-state index contributed by atoms with van der Waals surface area (Å²) >= 11 is 0. The molecule has 2 N–H and O–H groups in total. The largest absolute Gasteiger partial charge is 0.392 e. The lowest BCUT2D eigenvalue weighted by atomic mass is 9.91. The summed E-state index contributed by atoms with van der Waals surface area (Å²) in [6.07, 6.45) is 5.79. The molecule has 3 atom stereocenters. The first kappa shape index (κ1) is 14.2. The highest BCUT2D eigenvalue weighted by Crippen LogP contribution is 2.25. The fourth-order valence-corrected chi connectivity index (χ4v) is 3.06. The van der Waals surface area contributed by atoms with Crippen LogP contribution in [-0.4, -0.2) is 22.2 Å². The number of rotatable bonds is 4. The summed E-state index contributed by atoms with van der Waals surface area (Å²) in [5, 5.41) is 13.9. The molecule has 0 radical (unpaired) electrons. The summed E-state index contributed by atoms with van der Waals surface area (Å²) in [4.78, 5) is 4.50. The molecule has 1 aromatic carbocycles. The van der Waals surface area contributed by atoms with Crippen molar-refractivity contribution in [1.82, 2.24) is 10.3 Å². The van der Waals surface area contributed by atoms with E-state index in [1.54, 1.807) is 0 Å². The van der Waals surface area contributed by atoms with Crippen molar-refractivity contribution >= 4 is 0 Å². The molecule has 1 aliphatic carbocycles. The van der Waals surface area contributed by atoms with E-state index in [1.807, 2.05) is 42.6 Å². The Hall–Kier alpha value is -1.71. The van der Waals surface area contributed by atoms with Crippen molar-refractivity contribution in [2.24, 2.45) is 0 Å². The van der Waals surface area contributed by atoms with E-state index in [0.29, 0.717) is 0 Å². The van der Waals surface area contributed by atoms with Gasteiger partial charge in [-0.2, -0.15) is 0 Å². The second-order valence-corrected chi connectivity index (χ2v) is 5.72. The van der Waals surface area contributed by atoms with Gasteiger partial charge in [0.1, 0.15) is 0 Å². The maximum absolute atomic E-state index is 10.2. The Labute approximate surface area is 126 Å². The lowest BCUT2D eigenvalue weighted by Crippen LogP contribution is -2.44. The zero-order valence-corrected chi connectivity index (χ0v) is 12.2. The molecule has 0 amide bonds. The van der Waals surface area contributed by atoms with E-state index < -0.39 is 0 Å². The van der Waals surface area contributed by atoms with Crippen LogP contribution in [0, 0.1) is 0 Å². The second kappa shape index (κ2) is 6.83. The molecule has 0 saturated heterocycles. The number of pyridine rings is 1. The topological polar surface area (TPSA) is 45.1 Å². The lowest BCUT2D eigenvalue weighted by molar-refractivity contribution is 0.0870. The molecule has 2 aromatic rings. The smallest absolute Gasteiger partial charge is 0.0754 e. The molecule has 3 heteroatoms. The van der Waals surface area contributed by atoms with Crippen molar-refractivity contribution in [3.8, 4) is 0 Å². The van der Waals surface area contributed by atoms with Crippen LogP contribution in [0.2, 0.25) is 0 Å². The van der Waals surface area contributed by atoms with Crippen LogP contribution in [0.1, 0.15) is 43.0 Å². The minimum atomic E-state index is -0.256. The van der Waals surface area contributed by atoms with E-state index >= 15 is 0 Å². The summed E-state index contributed by atoms with van der Waals surface area (Å²) < 4.78 is 0. The van der Waals surface area contributed by atoms with Crippen molar-refractivity contribution in [2.75, 3.05) is 0 Å². The molecule has 110 valence electrons. The van der Waals surface area contributed by atoms with Gasteiger partial charge in [-0.05, 0) is 30.5 Å². The van der Waals surface area contributed by atoms with Crippen molar-refractivity contribution in [3.63, 3.8) is 0 Å². The summed E-state index contributed by atoms with van der Waals surface area (Å²) in [5.74, 6) is 0. The van der Waals surface area contributed by atoms with Gasteiger partial charge in [0, 0.05) is 12.2 Å². The molecular formula is C18H22N2O. The third kappa shape index (κ3) is 3.49. The molecule has 1 aromatic heterocycles. The number of aromatic nitrogens is 1. The Morgan fingerprint density at radius 3 is 2.48 bits per heavy atom. The van der Waals surface area contributed by atoms with Crippen LogP contribution in [0.3, 0.4) is 0 Å².